The molecule has 1 heterocycles. The summed E-state index contributed by atoms with van der Waals surface area (Å²) in [6, 6.07) is 7.71. The molecule has 1 aromatic carbocycles. The number of nitrogens with zero attached hydrogens (tertiary/aromatic N) is 2. The monoisotopic (exact) mass is 392 g/mol. The lowest BCUT2D eigenvalue weighted by atomic mass is 10.2. The van der Waals surface area contributed by atoms with E-state index in [4.69, 9.17) is 19.9 Å². The van der Waals surface area contributed by atoms with Gasteiger partial charge in [0.2, 0.25) is 5.88 Å². The molecule has 0 atom stereocenters. The number of anilines is 2. The van der Waals surface area contributed by atoms with Crippen molar-refractivity contribution in [1.82, 2.24) is 9.97 Å². The molecule has 0 spiro atoms. The Morgan fingerprint density at radius 3 is 2.78 bits per heavy atom. The molecule has 0 aliphatic heterocycles. The minimum absolute atomic E-state index is 0.101. The molecule has 2 rings (SSSR count). The third-order valence-electron chi connectivity index (χ3n) is 3.32. The smallest absolute Gasteiger partial charge is 0.258 e. The topological polar surface area (TPSA) is 109 Å². The summed E-state index contributed by atoms with van der Waals surface area (Å²) >= 11 is 1.44. The molecular weight excluding hydrogens is 368 g/mol. The third kappa shape index (κ3) is 6.38. The highest BCUT2D eigenvalue weighted by molar-refractivity contribution is 7.99. The van der Waals surface area contributed by atoms with Gasteiger partial charge in [0, 0.05) is 12.8 Å². The molecular formula is C18H24N4O4S. The lowest BCUT2D eigenvalue weighted by Crippen LogP contribution is -2.19. The third-order valence-corrected chi connectivity index (χ3v) is 4.05. The maximum Gasteiger partial charge on any atom is 0.258 e. The first-order valence-electron chi connectivity index (χ1n) is 8.43. The SMILES string of the molecule is CCSc1nc(Nc2cccc(C)c2)c(C(N)=O)c(OCCOCOC)n1. The minimum atomic E-state index is -0.675. The Hall–Kier alpha value is -2.36. The molecule has 9 heteroatoms. The van der Waals surface area contributed by atoms with Gasteiger partial charge in [0.05, 0.1) is 6.61 Å². The minimum Gasteiger partial charge on any atom is -0.474 e. The van der Waals surface area contributed by atoms with Crippen LogP contribution in [0.25, 0.3) is 0 Å². The fourth-order valence-electron chi connectivity index (χ4n) is 2.23. The molecule has 0 unspecified atom stereocenters. The van der Waals surface area contributed by atoms with Gasteiger partial charge in [0.1, 0.15) is 19.0 Å². The van der Waals surface area contributed by atoms with E-state index >= 15 is 0 Å². The predicted molar refractivity (Wildman–Crippen MR) is 105 cm³/mol. The summed E-state index contributed by atoms with van der Waals surface area (Å²) in [5, 5.41) is 3.64. The zero-order valence-electron chi connectivity index (χ0n) is 15.7. The van der Waals surface area contributed by atoms with Crippen LogP contribution in [0.1, 0.15) is 22.8 Å². The highest BCUT2D eigenvalue weighted by Crippen LogP contribution is 2.29. The number of carbonyl (C=O) groups is 1. The van der Waals surface area contributed by atoms with Crippen LogP contribution in [0.3, 0.4) is 0 Å². The molecule has 2 aromatic rings. The number of aromatic nitrogens is 2. The molecule has 0 aliphatic carbocycles. The van der Waals surface area contributed by atoms with Crippen molar-refractivity contribution in [2.75, 3.05) is 38.2 Å². The molecule has 27 heavy (non-hydrogen) atoms. The first-order chi connectivity index (χ1) is 13.0. The fraction of sp³-hybridized carbons (Fsp3) is 0.389. The number of rotatable bonds is 11. The molecule has 0 saturated heterocycles. The molecule has 0 radical (unpaired) electrons. The van der Waals surface area contributed by atoms with Gasteiger partial charge in [0.15, 0.2) is 11.0 Å². The number of benzene rings is 1. The van der Waals surface area contributed by atoms with Gasteiger partial charge in [-0.2, -0.15) is 4.98 Å². The Labute approximate surface area is 162 Å². The number of amides is 1. The summed E-state index contributed by atoms with van der Waals surface area (Å²) in [5.41, 5.74) is 7.54. The number of nitrogens with two attached hydrogens (primary N) is 1. The summed E-state index contributed by atoms with van der Waals surface area (Å²) < 4.78 is 15.7. The van der Waals surface area contributed by atoms with Crippen molar-refractivity contribution < 1.29 is 19.0 Å². The van der Waals surface area contributed by atoms with Crippen molar-refractivity contribution in [3.8, 4) is 5.88 Å². The fourth-order valence-corrected chi connectivity index (χ4v) is 2.79. The summed E-state index contributed by atoms with van der Waals surface area (Å²) in [6.07, 6.45) is 0. The molecule has 0 saturated carbocycles. The van der Waals surface area contributed by atoms with Gasteiger partial charge in [-0.3, -0.25) is 4.79 Å². The molecule has 0 fully saturated rings. The zero-order valence-corrected chi connectivity index (χ0v) is 16.5. The van der Waals surface area contributed by atoms with Gasteiger partial charge in [-0.25, -0.2) is 4.98 Å². The normalized spacial score (nSPS) is 10.6. The quantitative estimate of drug-likeness (QED) is 0.260. The van der Waals surface area contributed by atoms with E-state index in [0.29, 0.717) is 11.0 Å². The summed E-state index contributed by atoms with van der Waals surface area (Å²) in [4.78, 5) is 20.8. The van der Waals surface area contributed by atoms with Crippen molar-refractivity contribution in [3.05, 3.63) is 35.4 Å². The van der Waals surface area contributed by atoms with Crippen LogP contribution in [-0.2, 0) is 9.47 Å². The Morgan fingerprint density at radius 1 is 1.30 bits per heavy atom. The summed E-state index contributed by atoms with van der Waals surface area (Å²) in [7, 11) is 1.54. The van der Waals surface area contributed by atoms with E-state index in [1.165, 1.54) is 18.9 Å². The molecule has 1 aromatic heterocycles. The second-order valence-electron chi connectivity index (χ2n) is 5.49. The van der Waals surface area contributed by atoms with Crippen LogP contribution < -0.4 is 15.8 Å². The van der Waals surface area contributed by atoms with Crippen molar-refractivity contribution >= 4 is 29.2 Å². The van der Waals surface area contributed by atoms with Crippen LogP contribution in [0, 0.1) is 6.92 Å². The Balaban J connectivity index is 2.32. The number of methoxy groups -OCH3 is 1. The second kappa shape index (κ2) is 10.7. The van der Waals surface area contributed by atoms with Crippen LogP contribution in [0.15, 0.2) is 29.4 Å². The first-order valence-corrected chi connectivity index (χ1v) is 9.41. The van der Waals surface area contributed by atoms with E-state index < -0.39 is 5.91 Å². The van der Waals surface area contributed by atoms with Crippen LogP contribution in [0.5, 0.6) is 5.88 Å². The number of ether oxygens (including phenoxy) is 3. The molecule has 0 bridgehead atoms. The van der Waals surface area contributed by atoms with Gasteiger partial charge in [-0.05, 0) is 30.4 Å². The maximum atomic E-state index is 12.1. The van der Waals surface area contributed by atoms with E-state index in [1.54, 1.807) is 0 Å². The molecule has 8 nitrogen and oxygen atoms in total. The molecule has 146 valence electrons. The zero-order chi connectivity index (χ0) is 19.6. The molecule has 0 aliphatic rings. The molecule has 1 amide bonds. The van der Waals surface area contributed by atoms with Crippen LogP contribution in [0.4, 0.5) is 11.5 Å². The largest absolute Gasteiger partial charge is 0.474 e. The van der Waals surface area contributed by atoms with Crippen molar-refractivity contribution in [2.24, 2.45) is 5.73 Å². The predicted octanol–water partition coefficient (Wildman–Crippen LogP) is 2.74. The Morgan fingerprint density at radius 2 is 2.11 bits per heavy atom. The van der Waals surface area contributed by atoms with Gasteiger partial charge in [-0.1, -0.05) is 30.8 Å². The summed E-state index contributed by atoms with van der Waals surface area (Å²) in [6.45, 7) is 4.61. The summed E-state index contributed by atoms with van der Waals surface area (Å²) in [5.74, 6) is 0.540. The number of hydrogen-bond donors (Lipinski definition) is 2. The lowest BCUT2D eigenvalue weighted by molar-refractivity contribution is -0.0391. The Kier molecular flexibility index (Phi) is 8.31. The number of thioether (sulfide) groups is 1. The highest BCUT2D eigenvalue weighted by atomic mass is 32.2. The van der Waals surface area contributed by atoms with Gasteiger partial charge < -0.3 is 25.3 Å². The average Bonchev–Trinajstić information content (AvgIpc) is 2.61. The lowest BCUT2D eigenvalue weighted by Gasteiger charge is -2.15. The van der Waals surface area contributed by atoms with E-state index in [-0.39, 0.29) is 31.5 Å². The second-order valence-corrected chi connectivity index (χ2v) is 6.72. The highest BCUT2D eigenvalue weighted by Gasteiger charge is 2.21. The number of aryl methyl sites for hydroxylation is 1. The van der Waals surface area contributed by atoms with Gasteiger partial charge in [0.25, 0.3) is 5.91 Å². The Bertz CT molecular complexity index is 773. The first kappa shape index (κ1) is 20.9. The number of primary amides is 1. The van der Waals surface area contributed by atoms with Crippen molar-refractivity contribution in [3.63, 3.8) is 0 Å². The van der Waals surface area contributed by atoms with E-state index in [9.17, 15) is 4.79 Å². The van der Waals surface area contributed by atoms with Crippen molar-refractivity contribution in [1.29, 1.82) is 0 Å². The maximum absolute atomic E-state index is 12.1. The number of carbonyl (C=O) groups excluding carboxylic acids is 1. The van der Waals surface area contributed by atoms with Crippen LogP contribution in [-0.4, -0.2) is 48.7 Å². The van der Waals surface area contributed by atoms with E-state index in [0.717, 1.165) is 17.0 Å². The van der Waals surface area contributed by atoms with E-state index in [2.05, 4.69) is 15.3 Å². The number of nitrogens with one attached hydrogen (secondary N) is 1. The van der Waals surface area contributed by atoms with Gasteiger partial charge in [-0.15, -0.1) is 0 Å². The van der Waals surface area contributed by atoms with Crippen LogP contribution >= 0.6 is 11.8 Å². The average molecular weight is 392 g/mol. The van der Waals surface area contributed by atoms with Gasteiger partial charge >= 0.3 is 0 Å². The van der Waals surface area contributed by atoms with Crippen molar-refractivity contribution in [2.45, 2.75) is 19.0 Å². The number of hydrogen-bond acceptors (Lipinski definition) is 8. The van der Waals surface area contributed by atoms with E-state index in [1.807, 2.05) is 38.1 Å². The van der Waals surface area contributed by atoms with Crippen LogP contribution in [0.2, 0.25) is 0 Å². The molecule has 3 N–H and O–H groups in total. The standard InChI is InChI=1S/C18H24N4O4S/c1-4-27-18-21-16(20-13-7-5-6-12(2)10-13)14(15(19)23)17(22-18)26-9-8-25-11-24-3/h5-7,10H,4,8-9,11H2,1-3H3,(H2,19,23)(H,20,21,22).